The quantitative estimate of drug-likeness (QED) is 0.515. The first-order valence-corrected chi connectivity index (χ1v) is 2.47. The summed E-state index contributed by atoms with van der Waals surface area (Å²) >= 11 is 0. The minimum absolute atomic E-state index is 0. The van der Waals surface area contributed by atoms with E-state index in [4.69, 9.17) is 0 Å². The second-order valence-corrected chi connectivity index (χ2v) is 0.843. The predicted octanol–water partition coefficient (Wildman–Crippen LogP) is 0.370. The van der Waals surface area contributed by atoms with E-state index in [2.05, 4.69) is 15.2 Å². The van der Waals surface area contributed by atoms with Crippen LogP contribution in [0, 0.1) is 0 Å². The van der Waals surface area contributed by atoms with E-state index >= 15 is 0 Å². The highest BCUT2D eigenvalue weighted by atomic mass is 16.1. The summed E-state index contributed by atoms with van der Waals surface area (Å²) in [6, 6.07) is 0. The monoisotopic (exact) mass is 117 g/mol. The molecule has 2 N–H and O–H groups in total. The van der Waals surface area contributed by atoms with E-state index in [9.17, 15) is 4.79 Å². The molecule has 0 fully saturated rings. The molecule has 0 bridgehead atoms. The zero-order chi connectivity index (χ0) is 6.41. The molecule has 0 aliphatic carbocycles. The normalized spacial score (nSPS) is 7.25. The van der Waals surface area contributed by atoms with Crippen molar-refractivity contribution in [1.29, 1.82) is 0 Å². The Balaban J connectivity index is 0. The van der Waals surface area contributed by atoms with Crippen molar-refractivity contribution in [3.8, 4) is 0 Å². The molecule has 4 heteroatoms. The third-order valence-corrected chi connectivity index (χ3v) is 0.426. The summed E-state index contributed by atoms with van der Waals surface area (Å²) in [6.45, 7) is 4.00. The zero-order valence-corrected chi connectivity index (χ0v) is 4.93. The molecule has 0 amide bonds. The number of nitrogens with zero attached hydrogens (tertiary/aromatic N) is 1. The fourth-order valence-corrected chi connectivity index (χ4v) is 0.214. The number of aromatic amines is 2. The van der Waals surface area contributed by atoms with Gasteiger partial charge in [-0.3, -0.25) is 4.98 Å². The minimum atomic E-state index is -0.269. The molecule has 8 heavy (non-hydrogen) atoms. The fourth-order valence-electron chi connectivity index (χ4n) is 0.214. The topological polar surface area (TPSA) is 61.5 Å². The van der Waals surface area contributed by atoms with Gasteiger partial charge in [0.2, 0.25) is 0 Å². The summed E-state index contributed by atoms with van der Waals surface area (Å²) in [5.41, 5.74) is -0.269. The molecule has 1 rings (SSSR count). The number of aromatic nitrogens is 3. The Labute approximate surface area is 48.4 Å². The van der Waals surface area contributed by atoms with Gasteiger partial charge >= 0.3 is 5.69 Å². The molecule has 0 unspecified atom stereocenters. The molecule has 4 nitrogen and oxygen atoms in total. The van der Waals surface area contributed by atoms with Crippen LogP contribution in [-0.2, 0) is 0 Å². The molecular weight excluding hydrogens is 106 g/mol. The molecule has 48 valence electrons. The van der Waals surface area contributed by atoms with Gasteiger partial charge in [-0.1, -0.05) is 13.8 Å². The van der Waals surface area contributed by atoms with Crippen molar-refractivity contribution in [3.63, 3.8) is 0 Å². The van der Waals surface area contributed by atoms with Gasteiger partial charge in [0.05, 0.1) is 0 Å². The van der Waals surface area contributed by atoms with Gasteiger partial charge in [-0.05, 0) is 0 Å². The highest BCUT2D eigenvalue weighted by molar-refractivity contribution is 4.48. The SMILES string of the molecule is CC.O=c1[nH]cn[nH]1.[HH]. The Bertz CT molecular complexity index is 154. The summed E-state index contributed by atoms with van der Waals surface area (Å²) in [4.78, 5) is 12.2. The fraction of sp³-hybridized carbons (Fsp3) is 0.500. The van der Waals surface area contributed by atoms with Gasteiger partial charge in [0.25, 0.3) is 0 Å². The highest BCUT2D eigenvalue weighted by Crippen LogP contribution is 1.42. The molecular formula is C4H11N3O. The second-order valence-electron chi connectivity index (χ2n) is 0.843. The maximum atomic E-state index is 9.90. The molecule has 0 atom stereocenters. The maximum Gasteiger partial charge on any atom is 0.340 e. The van der Waals surface area contributed by atoms with Crippen molar-refractivity contribution < 1.29 is 1.43 Å². The van der Waals surface area contributed by atoms with Crippen LogP contribution in [0.1, 0.15) is 15.3 Å². The van der Waals surface area contributed by atoms with Gasteiger partial charge in [0.15, 0.2) is 0 Å². The van der Waals surface area contributed by atoms with Gasteiger partial charge in [-0.2, -0.15) is 5.10 Å². The molecule has 0 saturated heterocycles. The van der Waals surface area contributed by atoms with E-state index in [1.807, 2.05) is 13.8 Å². The van der Waals surface area contributed by atoms with Crippen LogP contribution in [0.4, 0.5) is 0 Å². The van der Waals surface area contributed by atoms with E-state index in [1.165, 1.54) is 6.33 Å². The van der Waals surface area contributed by atoms with Crippen LogP contribution < -0.4 is 5.69 Å². The lowest BCUT2D eigenvalue weighted by molar-refractivity contribution is 1.05. The lowest BCUT2D eigenvalue weighted by Gasteiger charge is -1.49. The molecule has 0 aliphatic heterocycles. The first kappa shape index (κ1) is 6.94. The number of hydrogen-bond acceptors (Lipinski definition) is 2. The highest BCUT2D eigenvalue weighted by Gasteiger charge is 1.70. The van der Waals surface area contributed by atoms with Gasteiger partial charge in [-0.25, -0.2) is 9.89 Å². The predicted molar refractivity (Wildman–Crippen MR) is 32.7 cm³/mol. The second kappa shape index (κ2) is 4.11. The largest absolute Gasteiger partial charge is 0.340 e. The van der Waals surface area contributed by atoms with Gasteiger partial charge < -0.3 is 0 Å². The number of nitrogens with one attached hydrogen (secondary N) is 2. The Kier molecular flexibility index (Phi) is 3.56. The average Bonchev–Trinajstić information content (AvgIpc) is 2.24. The average molecular weight is 117 g/mol. The molecule has 1 heterocycles. The van der Waals surface area contributed by atoms with Gasteiger partial charge in [0.1, 0.15) is 6.33 Å². The first-order valence-electron chi connectivity index (χ1n) is 2.47. The number of hydrogen-bond donors (Lipinski definition) is 2. The van der Waals surface area contributed by atoms with Crippen LogP contribution in [0.15, 0.2) is 11.1 Å². The molecule has 0 radical (unpaired) electrons. The van der Waals surface area contributed by atoms with Crippen LogP contribution in [0.5, 0.6) is 0 Å². The van der Waals surface area contributed by atoms with Gasteiger partial charge in [0, 0.05) is 1.43 Å². The third-order valence-electron chi connectivity index (χ3n) is 0.426. The van der Waals surface area contributed by atoms with Crippen LogP contribution in [0.25, 0.3) is 0 Å². The zero-order valence-electron chi connectivity index (χ0n) is 4.93. The van der Waals surface area contributed by atoms with E-state index in [1.54, 1.807) is 0 Å². The van der Waals surface area contributed by atoms with E-state index in [-0.39, 0.29) is 7.12 Å². The molecule has 0 aliphatic rings. The van der Waals surface area contributed by atoms with Crippen LogP contribution in [0.3, 0.4) is 0 Å². The van der Waals surface area contributed by atoms with E-state index in [0.717, 1.165) is 0 Å². The Morgan fingerprint density at radius 2 is 2.38 bits per heavy atom. The molecule has 1 aromatic rings. The van der Waals surface area contributed by atoms with E-state index < -0.39 is 0 Å². The molecule has 1 aromatic heterocycles. The lowest BCUT2D eigenvalue weighted by Crippen LogP contribution is -1.99. The minimum Gasteiger partial charge on any atom is -0.296 e. The van der Waals surface area contributed by atoms with Crippen LogP contribution >= 0.6 is 0 Å². The van der Waals surface area contributed by atoms with Crippen molar-refractivity contribution in [2.75, 3.05) is 0 Å². The van der Waals surface area contributed by atoms with Gasteiger partial charge in [-0.15, -0.1) is 0 Å². The molecule has 0 saturated carbocycles. The van der Waals surface area contributed by atoms with Crippen molar-refractivity contribution in [3.05, 3.63) is 16.8 Å². The lowest BCUT2D eigenvalue weighted by atomic mass is 11.0. The smallest absolute Gasteiger partial charge is 0.296 e. The molecule has 0 spiro atoms. The van der Waals surface area contributed by atoms with Crippen LogP contribution in [0.2, 0.25) is 0 Å². The van der Waals surface area contributed by atoms with Crippen LogP contribution in [-0.4, -0.2) is 15.2 Å². The van der Waals surface area contributed by atoms with Crippen molar-refractivity contribution in [1.82, 2.24) is 15.2 Å². The van der Waals surface area contributed by atoms with Crippen molar-refractivity contribution >= 4 is 0 Å². The molecule has 0 aromatic carbocycles. The maximum absolute atomic E-state index is 9.90. The first-order chi connectivity index (χ1) is 3.89. The summed E-state index contributed by atoms with van der Waals surface area (Å²) in [6.07, 6.45) is 1.29. The standard InChI is InChI=1S/C2H3N3O.C2H6.H2/c6-2-3-1-4-5-2;1-2;/h1H,(H2,3,4,5,6);1-2H3;1H. The third kappa shape index (κ3) is 2.17. The summed E-state index contributed by atoms with van der Waals surface area (Å²) in [5.74, 6) is 0. The summed E-state index contributed by atoms with van der Waals surface area (Å²) in [7, 11) is 0. The summed E-state index contributed by atoms with van der Waals surface area (Å²) in [5, 5.41) is 5.47. The number of rotatable bonds is 0. The Hall–Kier alpha value is -1.06. The number of H-pyrrole nitrogens is 2. The Morgan fingerprint density at radius 3 is 2.50 bits per heavy atom. The van der Waals surface area contributed by atoms with Crippen molar-refractivity contribution in [2.45, 2.75) is 13.8 Å². The van der Waals surface area contributed by atoms with E-state index in [0.29, 0.717) is 0 Å². The van der Waals surface area contributed by atoms with Crippen molar-refractivity contribution in [2.24, 2.45) is 0 Å². The summed E-state index contributed by atoms with van der Waals surface area (Å²) < 4.78 is 0. The Morgan fingerprint density at radius 1 is 1.75 bits per heavy atom.